The maximum absolute atomic E-state index is 11.9. The molecule has 5 heteroatoms. The molecule has 19 heavy (non-hydrogen) atoms. The van der Waals surface area contributed by atoms with Gasteiger partial charge in [0, 0.05) is 18.1 Å². The molecule has 0 aliphatic heterocycles. The van der Waals surface area contributed by atoms with Crippen LogP contribution in [0, 0.1) is 6.92 Å². The minimum atomic E-state index is 0.0322. The first-order valence-corrected chi connectivity index (χ1v) is 8.86. The Labute approximate surface area is 132 Å². The molecule has 0 amide bonds. The minimum Gasteiger partial charge on any atom is -0.296 e. The van der Waals surface area contributed by atoms with E-state index in [1.807, 2.05) is 6.92 Å². The van der Waals surface area contributed by atoms with E-state index in [1.54, 1.807) is 10.8 Å². The van der Waals surface area contributed by atoms with Crippen molar-refractivity contribution in [1.29, 1.82) is 0 Å². The van der Waals surface area contributed by atoms with Gasteiger partial charge in [0.2, 0.25) is 0 Å². The predicted molar refractivity (Wildman–Crippen MR) is 87.0 cm³/mol. The van der Waals surface area contributed by atoms with Gasteiger partial charge in [-0.25, -0.2) is 4.98 Å². The average Bonchev–Trinajstić information content (AvgIpc) is 2.40. The second-order valence-electron chi connectivity index (χ2n) is 4.77. The van der Waals surface area contributed by atoms with Crippen molar-refractivity contribution in [2.45, 2.75) is 58.4 Å². The van der Waals surface area contributed by atoms with Gasteiger partial charge < -0.3 is 0 Å². The van der Waals surface area contributed by atoms with Crippen molar-refractivity contribution in [2.75, 3.05) is 5.33 Å². The third-order valence-corrected chi connectivity index (χ3v) is 4.32. The summed E-state index contributed by atoms with van der Waals surface area (Å²) in [5, 5.41) is 1.12. The zero-order chi connectivity index (χ0) is 14.1. The fraction of sp³-hybridized carbons (Fsp3) is 0.714. The lowest BCUT2D eigenvalue weighted by atomic mass is 10.1. The van der Waals surface area contributed by atoms with Crippen LogP contribution >= 0.6 is 31.9 Å². The van der Waals surface area contributed by atoms with Crippen LogP contribution in [0.15, 0.2) is 15.5 Å². The SMILES string of the molecule is Cc1ncc(Br)c(=O)n1CCCCCCCCCBr. The molecule has 0 saturated carbocycles. The molecule has 0 unspecified atom stereocenters. The van der Waals surface area contributed by atoms with Crippen LogP contribution in [0.2, 0.25) is 0 Å². The lowest BCUT2D eigenvalue weighted by Gasteiger charge is -2.09. The highest BCUT2D eigenvalue weighted by Crippen LogP contribution is 2.09. The zero-order valence-corrected chi connectivity index (χ0v) is 14.7. The summed E-state index contributed by atoms with van der Waals surface area (Å²) in [4.78, 5) is 16.1. The highest BCUT2D eigenvalue weighted by atomic mass is 79.9. The van der Waals surface area contributed by atoms with Gasteiger partial charge in [0.05, 0.1) is 0 Å². The quantitative estimate of drug-likeness (QED) is 0.459. The molecule has 1 heterocycles. The molecule has 3 nitrogen and oxygen atoms in total. The van der Waals surface area contributed by atoms with Gasteiger partial charge in [-0.1, -0.05) is 48.0 Å². The van der Waals surface area contributed by atoms with Crippen LogP contribution in [0.5, 0.6) is 0 Å². The monoisotopic (exact) mass is 392 g/mol. The summed E-state index contributed by atoms with van der Waals surface area (Å²) in [5.74, 6) is 0.797. The average molecular weight is 394 g/mol. The third kappa shape index (κ3) is 6.21. The van der Waals surface area contributed by atoms with E-state index < -0.39 is 0 Å². The van der Waals surface area contributed by atoms with Crippen LogP contribution in [0.1, 0.15) is 50.8 Å². The summed E-state index contributed by atoms with van der Waals surface area (Å²) in [5.41, 5.74) is 0.0322. The summed E-state index contributed by atoms with van der Waals surface area (Å²) < 4.78 is 2.31. The van der Waals surface area contributed by atoms with E-state index in [0.29, 0.717) is 4.47 Å². The lowest BCUT2D eigenvalue weighted by Crippen LogP contribution is -2.24. The minimum absolute atomic E-state index is 0.0322. The van der Waals surface area contributed by atoms with Crippen molar-refractivity contribution in [3.8, 4) is 0 Å². The van der Waals surface area contributed by atoms with Gasteiger partial charge in [0.1, 0.15) is 10.3 Å². The van der Waals surface area contributed by atoms with Crippen LogP contribution in [0.4, 0.5) is 0 Å². The van der Waals surface area contributed by atoms with Crippen LogP contribution in [-0.4, -0.2) is 14.9 Å². The largest absolute Gasteiger partial charge is 0.296 e. The van der Waals surface area contributed by atoms with Crippen LogP contribution < -0.4 is 5.56 Å². The van der Waals surface area contributed by atoms with Crippen molar-refractivity contribution in [3.63, 3.8) is 0 Å². The second kappa shape index (κ2) is 9.70. The van der Waals surface area contributed by atoms with E-state index in [4.69, 9.17) is 0 Å². The van der Waals surface area contributed by atoms with Crippen molar-refractivity contribution < 1.29 is 0 Å². The Morgan fingerprint density at radius 1 is 1.11 bits per heavy atom. The second-order valence-corrected chi connectivity index (χ2v) is 6.42. The van der Waals surface area contributed by atoms with Gasteiger partial charge in [0.25, 0.3) is 5.56 Å². The van der Waals surface area contributed by atoms with E-state index in [9.17, 15) is 4.79 Å². The van der Waals surface area contributed by atoms with Crippen molar-refractivity contribution in [1.82, 2.24) is 9.55 Å². The first-order chi connectivity index (χ1) is 9.16. The molecule has 0 bridgehead atoms. The van der Waals surface area contributed by atoms with Crippen LogP contribution in [0.3, 0.4) is 0 Å². The first-order valence-electron chi connectivity index (χ1n) is 6.94. The summed E-state index contributed by atoms with van der Waals surface area (Å²) in [6.07, 6.45) is 10.3. The molecular weight excluding hydrogens is 372 g/mol. The molecule has 1 rings (SSSR count). The molecule has 0 spiro atoms. The van der Waals surface area contributed by atoms with Crippen molar-refractivity contribution >= 4 is 31.9 Å². The fourth-order valence-electron chi connectivity index (χ4n) is 2.06. The molecule has 1 aromatic rings. The number of aryl methyl sites for hydroxylation is 1. The summed E-state index contributed by atoms with van der Waals surface area (Å²) >= 11 is 6.68. The highest BCUT2D eigenvalue weighted by Gasteiger charge is 2.04. The summed E-state index contributed by atoms with van der Waals surface area (Å²) in [6.45, 7) is 2.66. The lowest BCUT2D eigenvalue weighted by molar-refractivity contribution is 0.530. The van der Waals surface area contributed by atoms with Gasteiger partial charge in [-0.05, 0) is 35.7 Å². The van der Waals surface area contributed by atoms with Gasteiger partial charge in [-0.15, -0.1) is 0 Å². The topological polar surface area (TPSA) is 34.9 Å². The Hall–Kier alpha value is -0.160. The summed E-state index contributed by atoms with van der Waals surface area (Å²) in [6, 6.07) is 0. The van der Waals surface area contributed by atoms with E-state index in [0.717, 1.165) is 24.1 Å². The molecule has 1 aromatic heterocycles. The van der Waals surface area contributed by atoms with Crippen molar-refractivity contribution in [2.24, 2.45) is 0 Å². The predicted octanol–water partition coefficient (Wildman–Crippen LogP) is 4.44. The van der Waals surface area contributed by atoms with E-state index in [2.05, 4.69) is 36.8 Å². The van der Waals surface area contributed by atoms with Crippen LogP contribution in [-0.2, 0) is 6.54 Å². The number of rotatable bonds is 9. The molecule has 0 aliphatic rings. The maximum Gasteiger partial charge on any atom is 0.267 e. The molecule has 0 aliphatic carbocycles. The molecule has 0 N–H and O–H groups in total. The van der Waals surface area contributed by atoms with E-state index >= 15 is 0 Å². The number of hydrogen-bond donors (Lipinski definition) is 0. The van der Waals surface area contributed by atoms with E-state index in [-0.39, 0.29) is 5.56 Å². The fourth-order valence-corrected chi connectivity index (χ4v) is 2.78. The Balaban J connectivity index is 2.23. The Morgan fingerprint density at radius 2 is 1.68 bits per heavy atom. The van der Waals surface area contributed by atoms with E-state index in [1.165, 1.54) is 38.5 Å². The molecular formula is C14H22Br2N2O. The van der Waals surface area contributed by atoms with Gasteiger partial charge >= 0.3 is 0 Å². The highest BCUT2D eigenvalue weighted by molar-refractivity contribution is 9.10. The number of halogens is 2. The van der Waals surface area contributed by atoms with Gasteiger partial charge in [0.15, 0.2) is 0 Å². The van der Waals surface area contributed by atoms with Crippen molar-refractivity contribution in [3.05, 3.63) is 26.8 Å². The Kier molecular flexibility index (Phi) is 8.62. The normalized spacial score (nSPS) is 10.9. The molecule has 0 atom stereocenters. The first kappa shape index (κ1) is 16.9. The standard InChI is InChI=1S/C14H22Br2N2O/c1-12-17-11-13(16)14(19)18(12)10-8-6-4-2-3-5-7-9-15/h11H,2-10H2,1H3. The third-order valence-electron chi connectivity index (χ3n) is 3.22. The van der Waals surface area contributed by atoms with Gasteiger partial charge in [-0.3, -0.25) is 9.36 Å². The molecule has 0 aromatic carbocycles. The maximum atomic E-state index is 11.9. The molecule has 0 radical (unpaired) electrons. The number of alkyl halides is 1. The Morgan fingerprint density at radius 3 is 2.32 bits per heavy atom. The molecule has 0 saturated heterocycles. The molecule has 0 fully saturated rings. The number of aromatic nitrogens is 2. The van der Waals surface area contributed by atoms with Gasteiger partial charge in [-0.2, -0.15) is 0 Å². The zero-order valence-electron chi connectivity index (χ0n) is 11.5. The summed E-state index contributed by atoms with van der Waals surface area (Å²) in [7, 11) is 0. The van der Waals surface area contributed by atoms with Crippen LogP contribution in [0.25, 0.3) is 0 Å². The number of hydrogen-bond acceptors (Lipinski definition) is 2. The molecule has 108 valence electrons. The smallest absolute Gasteiger partial charge is 0.267 e. The Bertz CT molecular complexity index is 432. The number of unbranched alkanes of at least 4 members (excludes halogenated alkanes) is 6. The number of nitrogens with zero attached hydrogens (tertiary/aromatic N) is 2.